The van der Waals surface area contributed by atoms with E-state index < -0.39 is 5.97 Å². The number of amides is 1. The van der Waals surface area contributed by atoms with Gasteiger partial charge in [-0.05, 0) is 25.5 Å². The zero-order valence-electron chi connectivity index (χ0n) is 10.9. The van der Waals surface area contributed by atoms with Crippen molar-refractivity contribution in [2.75, 3.05) is 19.8 Å². The quantitative estimate of drug-likeness (QED) is 0.839. The predicted molar refractivity (Wildman–Crippen MR) is 70.1 cm³/mol. The first-order valence-electron chi connectivity index (χ1n) is 5.37. The zero-order chi connectivity index (χ0) is 13.9. The Kier molecular flexibility index (Phi) is 4.72. The zero-order valence-corrected chi connectivity index (χ0v) is 11.7. The minimum Gasteiger partial charge on any atom is -0.478 e. The average Bonchev–Trinajstić information content (AvgIpc) is 2.23. The van der Waals surface area contributed by atoms with Crippen molar-refractivity contribution in [1.82, 2.24) is 9.88 Å². The van der Waals surface area contributed by atoms with Crippen LogP contribution in [0, 0.1) is 13.8 Å². The molecule has 5 nitrogen and oxygen atoms in total. The maximum absolute atomic E-state index is 11.5. The van der Waals surface area contributed by atoms with Gasteiger partial charge in [0.05, 0.1) is 11.3 Å². The largest absolute Gasteiger partial charge is 0.478 e. The standard InChI is InChI=1S/C12H16N2O3S/c1-7-5-8(2)13-11(10(7)12(16)17)18-6-9(15)14(3)4/h5H,6H2,1-4H3,(H,16,17). The molecule has 0 aliphatic carbocycles. The van der Waals surface area contributed by atoms with Gasteiger partial charge in [-0.25, -0.2) is 9.78 Å². The number of aromatic nitrogens is 1. The summed E-state index contributed by atoms with van der Waals surface area (Å²) in [7, 11) is 3.33. The van der Waals surface area contributed by atoms with Crippen molar-refractivity contribution in [1.29, 1.82) is 0 Å². The van der Waals surface area contributed by atoms with Crippen molar-refractivity contribution < 1.29 is 14.7 Å². The monoisotopic (exact) mass is 268 g/mol. The van der Waals surface area contributed by atoms with Crippen LogP contribution in [0.25, 0.3) is 0 Å². The molecule has 0 fully saturated rings. The van der Waals surface area contributed by atoms with E-state index in [2.05, 4.69) is 4.98 Å². The van der Waals surface area contributed by atoms with Crippen LogP contribution in [0.15, 0.2) is 11.1 Å². The lowest BCUT2D eigenvalue weighted by atomic mass is 10.1. The van der Waals surface area contributed by atoms with E-state index in [4.69, 9.17) is 5.11 Å². The number of nitrogens with zero attached hydrogens (tertiary/aromatic N) is 2. The maximum atomic E-state index is 11.5. The third-order valence-electron chi connectivity index (χ3n) is 2.36. The number of pyridine rings is 1. The molecule has 1 amide bonds. The number of carboxylic acid groups (broad SMARTS) is 1. The molecule has 0 atom stereocenters. The summed E-state index contributed by atoms with van der Waals surface area (Å²) < 4.78 is 0. The van der Waals surface area contributed by atoms with E-state index >= 15 is 0 Å². The molecule has 0 bridgehead atoms. The minimum absolute atomic E-state index is 0.0719. The molecule has 0 radical (unpaired) electrons. The number of carbonyl (C=O) groups excluding carboxylic acids is 1. The van der Waals surface area contributed by atoms with E-state index in [1.165, 1.54) is 4.90 Å². The van der Waals surface area contributed by atoms with Crippen LogP contribution in [0.3, 0.4) is 0 Å². The number of carbonyl (C=O) groups is 2. The maximum Gasteiger partial charge on any atom is 0.338 e. The summed E-state index contributed by atoms with van der Waals surface area (Å²) in [6.07, 6.45) is 0. The summed E-state index contributed by atoms with van der Waals surface area (Å²) >= 11 is 1.16. The van der Waals surface area contributed by atoms with Crippen LogP contribution in [0.2, 0.25) is 0 Å². The Balaban J connectivity index is 3.00. The fraction of sp³-hybridized carbons (Fsp3) is 0.417. The van der Waals surface area contributed by atoms with Gasteiger partial charge in [-0.1, -0.05) is 11.8 Å². The van der Waals surface area contributed by atoms with Crippen molar-refractivity contribution in [3.8, 4) is 0 Å². The van der Waals surface area contributed by atoms with Gasteiger partial charge in [0.25, 0.3) is 0 Å². The second-order valence-electron chi connectivity index (χ2n) is 4.14. The molecule has 6 heteroatoms. The van der Waals surface area contributed by atoms with Crippen molar-refractivity contribution in [3.05, 3.63) is 22.9 Å². The molecule has 0 saturated carbocycles. The van der Waals surface area contributed by atoms with E-state index in [0.29, 0.717) is 10.6 Å². The molecule has 98 valence electrons. The first-order chi connectivity index (χ1) is 8.32. The van der Waals surface area contributed by atoms with Gasteiger partial charge in [-0.15, -0.1) is 0 Å². The topological polar surface area (TPSA) is 70.5 Å². The Morgan fingerprint density at radius 1 is 1.39 bits per heavy atom. The smallest absolute Gasteiger partial charge is 0.338 e. The summed E-state index contributed by atoms with van der Waals surface area (Å²) in [5, 5.41) is 9.56. The van der Waals surface area contributed by atoms with Gasteiger partial charge in [0.1, 0.15) is 5.03 Å². The molecule has 0 saturated heterocycles. The van der Waals surface area contributed by atoms with Gasteiger partial charge >= 0.3 is 5.97 Å². The van der Waals surface area contributed by atoms with Crippen LogP contribution in [-0.2, 0) is 4.79 Å². The number of aromatic carboxylic acids is 1. The van der Waals surface area contributed by atoms with Gasteiger partial charge in [-0.2, -0.15) is 0 Å². The van der Waals surface area contributed by atoms with Crippen LogP contribution < -0.4 is 0 Å². The van der Waals surface area contributed by atoms with Gasteiger partial charge in [0.2, 0.25) is 5.91 Å². The van der Waals surface area contributed by atoms with Gasteiger partial charge in [-0.3, -0.25) is 4.79 Å². The fourth-order valence-electron chi connectivity index (χ4n) is 1.43. The van der Waals surface area contributed by atoms with E-state index in [9.17, 15) is 9.59 Å². The molecule has 0 aliphatic rings. The van der Waals surface area contributed by atoms with Gasteiger partial charge in [0, 0.05) is 19.8 Å². The summed E-state index contributed by atoms with van der Waals surface area (Å²) in [4.78, 5) is 28.3. The van der Waals surface area contributed by atoms with Crippen molar-refractivity contribution in [3.63, 3.8) is 0 Å². The number of hydrogen-bond acceptors (Lipinski definition) is 4. The number of hydrogen-bond donors (Lipinski definition) is 1. The minimum atomic E-state index is -1.01. The second kappa shape index (κ2) is 5.86. The summed E-state index contributed by atoms with van der Waals surface area (Å²) in [5.41, 5.74) is 1.59. The van der Waals surface area contributed by atoms with Crippen molar-refractivity contribution >= 4 is 23.6 Å². The van der Waals surface area contributed by atoms with Crippen LogP contribution in [0.4, 0.5) is 0 Å². The number of aryl methyl sites for hydroxylation is 2. The molecular weight excluding hydrogens is 252 g/mol. The van der Waals surface area contributed by atoms with E-state index in [1.54, 1.807) is 34.0 Å². The molecule has 0 aromatic carbocycles. The third kappa shape index (κ3) is 3.46. The summed E-state index contributed by atoms with van der Waals surface area (Å²) in [6, 6.07) is 1.72. The van der Waals surface area contributed by atoms with E-state index in [0.717, 1.165) is 17.5 Å². The molecule has 0 spiro atoms. The number of carboxylic acids is 1. The Morgan fingerprint density at radius 2 is 2.00 bits per heavy atom. The first-order valence-corrected chi connectivity index (χ1v) is 6.36. The lowest BCUT2D eigenvalue weighted by Gasteiger charge is -2.12. The molecular formula is C12H16N2O3S. The Hall–Kier alpha value is -1.56. The average molecular weight is 268 g/mol. The highest BCUT2D eigenvalue weighted by Crippen LogP contribution is 2.24. The highest BCUT2D eigenvalue weighted by molar-refractivity contribution is 8.00. The van der Waals surface area contributed by atoms with Crippen LogP contribution in [0.5, 0.6) is 0 Å². The summed E-state index contributed by atoms with van der Waals surface area (Å²) in [5.74, 6) is -0.902. The van der Waals surface area contributed by atoms with Gasteiger partial charge < -0.3 is 10.0 Å². The summed E-state index contributed by atoms with van der Waals surface area (Å²) in [6.45, 7) is 3.53. The van der Waals surface area contributed by atoms with Crippen LogP contribution in [-0.4, -0.2) is 46.7 Å². The van der Waals surface area contributed by atoms with Crippen LogP contribution >= 0.6 is 11.8 Å². The molecule has 0 unspecified atom stereocenters. The molecule has 0 aliphatic heterocycles. The molecule has 18 heavy (non-hydrogen) atoms. The highest BCUT2D eigenvalue weighted by Gasteiger charge is 2.17. The predicted octanol–water partition coefficient (Wildman–Crippen LogP) is 1.58. The van der Waals surface area contributed by atoms with E-state index in [1.807, 2.05) is 0 Å². The Labute approximate surface area is 110 Å². The second-order valence-corrected chi connectivity index (χ2v) is 5.11. The van der Waals surface area contributed by atoms with Crippen molar-refractivity contribution in [2.24, 2.45) is 0 Å². The number of thioether (sulfide) groups is 1. The van der Waals surface area contributed by atoms with E-state index in [-0.39, 0.29) is 17.2 Å². The molecule has 1 rings (SSSR count). The normalized spacial score (nSPS) is 10.2. The molecule has 1 N–H and O–H groups in total. The SMILES string of the molecule is Cc1cc(C)c(C(=O)O)c(SCC(=O)N(C)C)n1. The Bertz CT molecular complexity index is 486. The Morgan fingerprint density at radius 3 is 2.50 bits per heavy atom. The third-order valence-corrected chi connectivity index (χ3v) is 3.32. The first kappa shape index (κ1) is 14.5. The van der Waals surface area contributed by atoms with Crippen molar-refractivity contribution in [2.45, 2.75) is 18.9 Å². The van der Waals surface area contributed by atoms with Gasteiger partial charge in [0.15, 0.2) is 0 Å². The lowest BCUT2D eigenvalue weighted by molar-refractivity contribution is -0.125. The fourth-order valence-corrected chi connectivity index (χ4v) is 2.55. The van der Waals surface area contributed by atoms with Crippen LogP contribution in [0.1, 0.15) is 21.6 Å². The molecule has 1 aromatic heterocycles. The molecule has 1 heterocycles. The molecule has 1 aromatic rings. The highest BCUT2D eigenvalue weighted by atomic mass is 32.2. The number of rotatable bonds is 4. The lowest BCUT2D eigenvalue weighted by Crippen LogP contribution is -2.23.